The zero-order chi connectivity index (χ0) is 98.5. The number of aliphatic hydroxyl groups is 20. The molecule has 0 aromatic rings. The van der Waals surface area contributed by atoms with E-state index in [0.29, 0.717) is 32.1 Å². The molecule has 42 heteroatoms. The van der Waals surface area contributed by atoms with Gasteiger partial charge in [0.05, 0.1) is 80.9 Å². The molecular weight excluding hydrogens is 1790 g/mol. The maximum absolute atomic E-state index is 16.8. The van der Waals surface area contributed by atoms with Gasteiger partial charge in [-0.2, -0.15) is 0 Å². The molecule has 4 saturated carbocycles. The normalized spacial score (nSPS) is 50.0. The fourth-order valence-corrected chi connectivity index (χ4v) is 23.7. The van der Waals surface area contributed by atoms with Crippen LogP contribution in [0.5, 0.6) is 0 Å². The Hall–Kier alpha value is -4.33. The Morgan fingerprint density at radius 1 is 0.481 bits per heavy atom. The van der Waals surface area contributed by atoms with Crippen LogP contribution in [-0.2, 0) is 104 Å². The van der Waals surface area contributed by atoms with Gasteiger partial charge >= 0.3 is 17.9 Å². The first-order chi connectivity index (χ1) is 63.3. The van der Waals surface area contributed by atoms with E-state index in [1.807, 2.05) is 0 Å². The molecule has 10 aliphatic heterocycles. The number of hydrogen-bond donors (Lipinski definition) is 20. The molecule has 42 nitrogen and oxygen atoms in total. The third-order valence-electron chi connectivity index (χ3n) is 32.5. The summed E-state index contributed by atoms with van der Waals surface area (Å²) in [5.41, 5.74) is -8.27. The highest BCUT2D eigenvalue weighted by Crippen LogP contribution is 2.76. The van der Waals surface area contributed by atoms with Gasteiger partial charge in [0, 0.05) is 17.1 Å². The Kier molecular flexibility index (Phi) is 32.7. The molecule has 135 heavy (non-hydrogen) atoms. The van der Waals surface area contributed by atoms with Crippen LogP contribution in [0.1, 0.15) is 167 Å². The molecule has 48 unspecified atom stereocenters. The van der Waals surface area contributed by atoms with Gasteiger partial charge in [-0.15, -0.1) is 13.2 Å². The van der Waals surface area contributed by atoms with Crippen molar-refractivity contribution in [2.24, 2.45) is 44.8 Å². The highest BCUT2D eigenvalue weighted by atomic mass is 16.8. The van der Waals surface area contributed by atoms with Crippen molar-refractivity contribution in [3.63, 3.8) is 0 Å². The highest BCUT2D eigenvalue weighted by Gasteiger charge is 2.74. The molecule has 20 N–H and O–H groups in total. The third-order valence-corrected chi connectivity index (χ3v) is 32.5. The molecule has 768 valence electrons. The monoisotopic (exact) mass is 1930 g/mol. The van der Waals surface area contributed by atoms with Gasteiger partial charge in [0.25, 0.3) is 0 Å². The number of fused-ring (bicyclic) bond motifs is 7. The van der Waals surface area contributed by atoms with E-state index < -0.39 is 341 Å². The van der Waals surface area contributed by atoms with E-state index in [1.54, 1.807) is 6.92 Å². The van der Waals surface area contributed by atoms with Crippen molar-refractivity contribution in [3.8, 4) is 0 Å². The minimum atomic E-state index is -2.17. The number of ether oxygens (including phenoxy) is 19. The second kappa shape index (κ2) is 41.4. The summed E-state index contributed by atoms with van der Waals surface area (Å²) in [6.07, 6.45) is -54.2. The average Bonchev–Trinajstić information content (AvgIpc) is 0.667. The van der Waals surface area contributed by atoms with E-state index in [2.05, 4.69) is 53.9 Å². The summed E-state index contributed by atoms with van der Waals surface area (Å²) in [7, 11) is 0. The first kappa shape index (κ1) is 106. The first-order valence-electron chi connectivity index (χ1n) is 47.2. The zero-order valence-corrected chi connectivity index (χ0v) is 78.3. The maximum Gasteiger partial charge on any atom is 0.333 e. The molecule has 0 amide bonds. The van der Waals surface area contributed by atoms with Crippen LogP contribution >= 0.6 is 0 Å². The summed E-state index contributed by atoms with van der Waals surface area (Å²) in [6.45, 7) is 25.1. The van der Waals surface area contributed by atoms with Crippen molar-refractivity contribution in [1.82, 2.24) is 0 Å². The van der Waals surface area contributed by atoms with Crippen molar-refractivity contribution >= 4 is 17.9 Å². The molecule has 1 spiro atoms. The molecule has 5 aliphatic carbocycles. The maximum atomic E-state index is 16.8. The van der Waals surface area contributed by atoms with Crippen LogP contribution < -0.4 is 0 Å². The molecule has 0 aromatic carbocycles. The lowest BCUT2D eigenvalue weighted by Gasteiger charge is -2.72. The number of hydrogen-bond acceptors (Lipinski definition) is 42. The van der Waals surface area contributed by atoms with E-state index in [0.717, 1.165) is 5.57 Å². The number of carbonyl (C=O) groups excluding carboxylic acids is 3. The molecule has 10 saturated heterocycles. The number of allylic oxidation sites excluding steroid dienone is 4. The van der Waals surface area contributed by atoms with Gasteiger partial charge in [-0.25, -0.2) is 9.59 Å². The number of carbonyl (C=O) groups is 3. The van der Waals surface area contributed by atoms with Crippen LogP contribution in [0, 0.1) is 44.8 Å². The first-order valence-corrected chi connectivity index (χ1v) is 47.2. The fourth-order valence-electron chi connectivity index (χ4n) is 23.7. The van der Waals surface area contributed by atoms with Crippen molar-refractivity contribution in [3.05, 3.63) is 60.3 Å². The summed E-state index contributed by atoms with van der Waals surface area (Å²) >= 11 is 0. The van der Waals surface area contributed by atoms with Gasteiger partial charge in [-0.1, -0.05) is 70.6 Å². The Morgan fingerprint density at radius 2 is 1.01 bits per heavy atom. The molecule has 0 radical (unpaired) electrons. The fraction of sp³-hybridized carbons (Fsp3) is 0.860. The van der Waals surface area contributed by atoms with Gasteiger partial charge < -0.3 is 192 Å². The largest absolute Gasteiger partial charge is 0.453 e. The van der Waals surface area contributed by atoms with E-state index in [1.165, 1.54) is 65.8 Å². The molecule has 2 bridgehead atoms. The summed E-state index contributed by atoms with van der Waals surface area (Å²) in [5.74, 6) is -4.41. The molecule has 15 aliphatic rings. The van der Waals surface area contributed by atoms with Crippen molar-refractivity contribution in [2.75, 3.05) is 39.6 Å². The lowest BCUT2D eigenvalue weighted by atomic mass is 9.33. The van der Waals surface area contributed by atoms with E-state index in [9.17, 15) is 112 Å². The van der Waals surface area contributed by atoms with Crippen LogP contribution in [0.25, 0.3) is 0 Å². The smallest absolute Gasteiger partial charge is 0.333 e. The molecule has 14 fully saturated rings. The van der Waals surface area contributed by atoms with E-state index in [-0.39, 0.29) is 74.3 Å². The lowest BCUT2D eigenvalue weighted by Crippen LogP contribution is -2.71. The Bertz CT molecular complexity index is 4190. The van der Waals surface area contributed by atoms with Crippen molar-refractivity contribution in [2.45, 2.75) is 417 Å². The van der Waals surface area contributed by atoms with Gasteiger partial charge in [-0.05, 0) is 165 Å². The molecule has 10 heterocycles. The highest BCUT2D eigenvalue weighted by molar-refractivity contribution is 5.88. The Balaban J connectivity index is 0.784. The predicted molar refractivity (Wildman–Crippen MR) is 457 cm³/mol. The summed E-state index contributed by atoms with van der Waals surface area (Å²) in [6, 6.07) is 0. The standard InChI is InChI=1S/C93H144O42/c1-15-87(9,115)25-17-19-39(3)75(112)128-70-60(104)50(38-122-82-72(62(106)55(99)41(5)123-82)129-76(113)40(4)20-18-26-88(10,116)16-2)126-84-74(70)133-83-73(66(110)68(42(6)124-83)130-79-67(111)69(48(97)36-119-79)131-77-63(107)56(100)45(94)33-117-77)135-89(11)29-30-93(85(114)134-84)44(31-89)43-21-22-52-90(12)27-24-54(86(7,8)51(90)23-28-91(52,13)92(43,14)32-53(93)98)127-80-65(109)61(105)59(103)49(125-80)37-121-81-71(58(102)47(96)35-120-81)132-78-64(108)57(101)46(95)34-118-78/h15-16,19-21,41-42,44-74,77-84,94-111,115-116H,1-2,17-18,22-38H2,3-14H3/b39-19+,40-20+. The topological polar surface area (TPSA) is 631 Å². The molecule has 0 aromatic heterocycles. The van der Waals surface area contributed by atoms with Crippen molar-refractivity contribution < 1.29 is 207 Å². The van der Waals surface area contributed by atoms with Gasteiger partial charge in [0.2, 0.25) is 6.29 Å². The number of aliphatic hydroxyl groups excluding tert-OH is 18. The summed E-state index contributed by atoms with van der Waals surface area (Å²) < 4.78 is 119. The third kappa shape index (κ3) is 20.7. The Morgan fingerprint density at radius 3 is 1.61 bits per heavy atom. The molecular formula is C93H144O42. The van der Waals surface area contributed by atoms with E-state index in [4.69, 9.17) is 90.0 Å². The van der Waals surface area contributed by atoms with Gasteiger partial charge in [0.15, 0.2) is 62.3 Å². The van der Waals surface area contributed by atoms with E-state index >= 15 is 4.79 Å². The quantitative estimate of drug-likeness (QED) is 0.0135. The average molecular weight is 1930 g/mol. The SMILES string of the molecule is C=CC(C)(O)CC/C=C(\C)C(=O)OC1C(OCC2OC3OC(=O)C45CCC(C)(CC4C4=CCC6C7(C)CCC(OC8OC(COC9OCC(O)C(O)C9OC9OCC(O)C(O)C9O)C(O)C(O)C8O)C(C)(C)C7CCC6(C)C4(C)CC5O)OC4C(OC(C)C(OC5OCC(O)C(OC6OCC(O)C(O)C6O)C5O)C4O)OC3C(OC(=O)/C(C)=C/CCC(C)(O)C=C)C2O)OC(C)C(O)C1O. The Labute approximate surface area is 782 Å². The molecule has 15 rings (SSSR count). The van der Waals surface area contributed by atoms with Crippen LogP contribution in [0.2, 0.25) is 0 Å². The number of rotatable bonds is 26. The second-order valence-electron chi connectivity index (χ2n) is 42.0. The van der Waals surface area contributed by atoms with Crippen LogP contribution in [-0.4, -0.2) is 410 Å². The number of esters is 3. The minimum absolute atomic E-state index is 0.0296. The van der Waals surface area contributed by atoms with Crippen LogP contribution in [0.3, 0.4) is 0 Å². The zero-order valence-electron chi connectivity index (χ0n) is 78.3. The van der Waals surface area contributed by atoms with Crippen LogP contribution in [0.15, 0.2) is 60.3 Å². The van der Waals surface area contributed by atoms with Crippen LogP contribution in [0.4, 0.5) is 0 Å². The minimum Gasteiger partial charge on any atom is -0.453 e. The van der Waals surface area contributed by atoms with Gasteiger partial charge in [-0.3, -0.25) is 4.79 Å². The summed E-state index contributed by atoms with van der Waals surface area (Å²) in [4.78, 5) is 45.7. The van der Waals surface area contributed by atoms with Gasteiger partial charge in [0.1, 0.15) is 146 Å². The second-order valence-corrected chi connectivity index (χ2v) is 42.0. The molecule has 48 atom stereocenters. The van der Waals surface area contributed by atoms with Crippen molar-refractivity contribution in [1.29, 1.82) is 0 Å². The lowest BCUT2D eigenvalue weighted by molar-refractivity contribution is -0.393. The summed E-state index contributed by atoms with van der Waals surface area (Å²) in [5, 5.41) is 228. The predicted octanol–water partition coefficient (Wildman–Crippen LogP) is -2.96.